The maximum absolute atomic E-state index is 13.3. The number of methoxy groups -OCH3 is 1. The van der Waals surface area contributed by atoms with Gasteiger partial charge in [-0.05, 0) is 13.0 Å². The highest BCUT2D eigenvalue weighted by atomic mass is 32.1. The fourth-order valence-electron chi connectivity index (χ4n) is 4.72. The first-order chi connectivity index (χ1) is 15.2. The molecule has 0 aliphatic heterocycles. The summed E-state index contributed by atoms with van der Waals surface area (Å²) in [7, 11) is 1.36. The number of carbonyl (C=O) groups excluding carboxylic acids is 2. The topological polar surface area (TPSA) is 137 Å². The molecule has 0 fully saturated rings. The predicted octanol–water partition coefficient (Wildman–Crippen LogP) is 2.51. The Hall–Kier alpha value is -3.27. The molecule has 2 aliphatic rings. The zero-order valence-corrected chi connectivity index (χ0v) is 18.0. The van der Waals surface area contributed by atoms with E-state index < -0.39 is 34.8 Å². The summed E-state index contributed by atoms with van der Waals surface area (Å²) >= 11 is 1.33. The minimum atomic E-state index is -1.61. The molecule has 9 heteroatoms. The molecule has 0 radical (unpaired) electrons. The van der Waals surface area contributed by atoms with E-state index in [1.54, 1.807) is 18.4 Å². The average molecular weight is 453 g/mol. The first-order valence-corrected chi connectivity index (χ1v) is 10.8. The van der Waals surface area contributed by atoms with Crippen molar-refractivity contribution in [3.63, 3.8) is 0 Å². The number of aliphatic hydroxyl groups is 2. The summed E-state index contributed by atoms with van der Waals surface area (Å²) in [6.07, 6.45) is -1.79. The van der Waals surface area contributed by atoms with Gasteiger partial charge in [0, 0.05) is 34.9 Å². The van der Waals surface area contributed by atoms with E-state index in [4.69, 9.17) is 4.74 Å². The van der Waals surface area contributed by atoms with Crippen LogP contribution in [-0.2, 0) is 12.0 Å². The van der Waals surface area contributed by atoms with Crippen molar-refractivity contribution in [2.75, 3.05) is 7.11 Å². The smallest absolute Gasteiger partial charge is 0.202 e. The van der Waals surface area contributed by atoms with Crippen LogP contribution >= 0.6 is 11.3 Å². The summed E-state index contributed by atoms with van der Waals surface area (Å²) in [5.41, 5.74) is -2.04. The van der Waals surface area contributed by atoms with Gasteiger partial charge in [0.05, 0.1) is 40.6 Å². The summed E-state index contributed by atoms with van der Waals surface area (Å²) in [6.45, 7) is 1.78. The van der Waals surface area contributed by atoms with Crippen molar-refractivity contribution >= 4 is 22.9 Å². The number of aromatic nitrogens is 1. The number of phenolic OH excluding ortho intramolecular Hbond substituents is 2. The third kappa shape index (κ3) is 2.65. The third-order valence-electron chi connectivity index (χ3n) is 6.19. The van der Waals surface area contributed by atoms with Gasteiger partial charge in [0.1, 0.15) is 22.8 Å². The second kappa shape index (κ2) is 6.86. The molecule has 2 aliphatic carbocycles. The van der Waals surface area contributed by atoms with Crippen LogP contribution in [0.25, 0.3) is 0 Å². The van der Waals surface area contributed by atoms with Crippen molar-refractivity contribution in [3.8, 4) is 17.2 Å². The van der Waals surface area contributed by atoms with Crippen molar-refractivity contribution in [2.45, 2.75) is 31.5 Å². The van der Waals surface area contributed by atoms with Crippen LogP contribution in [0.15, 0.2) is 23.6 Å². The SMILES string of the molecule is COc1cccc2c1C(=O)c1c(O)c3c(c(O)c1C2=O)CC(O)(c1csc(C)n1)CC3O. The molecule has 2 atom stereocenters. The third-order valence-corrected chi connectivity index (χ3v) is 6.96. The van der Waals surface area contributed by atoms with Gasteiger partial charge in [0.2, 0.25) is 5.78 Å². The Morgan fingerprint density at radius 3 is 2.50 bits per heavy atom. The van der Waals surface area contributed by atoms with Crippen LogP contribution in [0.1, 0.15) is 66.2 Å². The summed E-state index contributed by atoms with van der Waals surface area (Å²) in [5.74, 6) is -2.30. The number of fused-ring (bicyclic) bond motifs is 3. The summed E-state index contributed by atoms with van der Waals surface area (Å²) in [5, 5.41) is 46.6. The van der Waals surface area contributed by atoms with E-state index in [1.165, 1.54) is 30.6 Å². The number of phenols is 2. The monoisotopic (exact) mass is 453 g/mol. The number of aryl methyl sites for hydroxylation is 1. The highest BCUT2D eigenvalue weighted by molar-refractivity contribution is 7.09. The van der Waals surface area contributed by atoms with Crippen LogP contribution in [0.3, 0.4) is 0 Å². The maximum Gasteiger partial charge on any atom is 0.202 e. The molecule has 0 spiro atoms. The Labute approximate surface area is 186 Å². The van der Waals surface area contributed by atoms with Gasteiger partial charge in [-0.15, -0.1) is 11.3 Å². The summed E-state index contributed by atoms with van der Waals surface area (Å²) < 4.78 is 5.22. The second-order valence-electron chi connectivity index (χ2n) is 8.06. The molecule has 0 bridgehead atoms. The van der Waals surface area contributed by atoms with Crippen molar-refractivity contribution in [1.29, 1.82) is 0 Å². The first-order valence-electron chi connectivity index (χ1n) is 9.88. The Balaban J connectivity index is 1.75. The lowest BCUT2D eigenvalue weighted by Crippen LogP contribution is -2.36. The molecule has 8 nitrogen and oxygen atoms in total. The summed E-state index contributed by atoms with van der Waals surface area (Å²) in [6, 6.07) is 4.52. The molecule has 32 heavy (non-hydrogen) atoms. The highest BCUT2D eigenvalue weighted by Gasteiger charge is 2.47. The highest BCUT2D eigenvalue weighted by Crippen LogP contribution is 2.52. The van der Waals surface area contributed by atoms with E-state index in [-0.39, 0.29) is 52.0 Å². The van der Waals surface area contributed by atoms with Gasteiger partial charge < -0.3 is 25.2 Å². The fourth-order valence-corrected chi connectivity index (χ4v) is 5.42. The number of carbonyl (C=O) groups is 2. The molecule has 4 N–H and O–H groups in total. The number of hydrogen-bond donors (Lipinski definition) is 4. The van der Waals surface area contributed by atoms with Crippen molar-refractivity contribution in [2.24, 2.45) is 0 Å². The number of ketones is 2. The zero-order chi connectivity index (χ0) is 22.9. The maximum atomic E-state index is 13.3. The van der Waals surface area contributed by atoms with E-state index in [0.717, 1.165) is 5.01 Å². The Bertz CT molecular complexity index is 1330. The molecule has 2 aromatic carbocycles. The number of aliphatic hydroxyl groups excluding tert-OH is 1. The molecule has 0 saturated carbocycles. The first kappa shape index (κ1) is 20.6. The van der Waals surface area contributed by atoms with Gasteiger partial charge in [0.25, 0.3) is 0 Å². The van der Waals surface area contributed by atoms with Crippen LogP contribution < -0.4 is 4.74 Å². The number of benzene rings is 2. The minimum absolute atomic E-state index is 0.0121. The van der Waals surface area contributed by atoms with E-state index in [0.29, 0.717) is 5.69 Å². The molecule has 2 unspecified atom stereocenters. The number of aromatic hydroxyl groups is 2. The largest absolute Gasteiger partial charge is 0.507 e. The Morgan fingerprint density at radius 1 is 1.12 bits per heavy atom. The normalized spacial score (nSPS) is 21.7. The molecular formula is C23H19NO7S. The van der Waals surface area contributed by atoms with Gasteiger partial charge in [0.15, 0.2) is 5.78 Å². The number of rotatable bonds is 2. The van der Waals surface area contributed by atoms with Gasteiger partial charge >= 0.3 is 0 Å². The van der Waals surface area contributed by atoms with Gasteiger partial charge in [-0.3, -0.25) is 9.59 Å². The Kier molecular flexibility index (Phi) is 4.42. The number of hydrogen-bond acceptors (Lipinski definition) is 9. The van der Waals surface area contributed by atoms with Gasteiger partial charge in [-0.1, -0.05) is 12.1 Å². The van der Waals surface area contributed by atoms with E-state index >= 15 is 0 Å². The van der Waals surface area contributed by atoms with Crippen LogP contribution in [0.5, 0.6) is 17.2 Å². The standard InChI is InChI=1S/C23H19NO7S/c1-9-24-14(8-32-9)23(30)6-11-15(12(25)7-23)21(28)18-17(20(11)27)19(26)10-4-3-5-13(31-2)16(10)22(18)29/h3-5,8,12,25,27-28,30H,6-7H2,1-2H3. The van der Waals surface area contributed by atoms with Crippen LogP contribution in [0.2, 0.25) is 0 Å². The molecular weight excluding hydrogens is 434 g/mol. The Morgan fingerprint density at radius 2 is 1.84 bits per heavy atom. The number of ether oxygens (including phenoxy) is 1. The average Bonchev–Trinajstić information content (AvgIpc) is 3.20. The van der Waals surface area contributed by atoms with Crippen molar-refractivity contribution in [3.05, 3.63) is 67.7 Å². The lowest BCUT2D eigenvalue weighted by molar-refractivity contribution is -0.0308. The van der Waals surface area contributed by atoms with E-state index in [1.807, 2.05) is 0 Å². The molecule has 5 rings (SSSR count). The molecule has 1 aromatic heterocycles. The fraction of sp³-hybridized carbons (Fsp3) is 0.261. The van der Waals surface area contributed by atoms with Gasteiger partial charge in [-0.2, -0.15) is 0 Å². The van der Waals surface area contributed by atoms with Crippen molar-refractivity contribution in [1.82, 2.24) is 4.98 Å². The lowest BCUT2D eigenvalue weighted by atomic mass is 9.72. The quantitative estimate of drug-likeness (QED) is 0.340. The molecule has 164 valence electrons. The molecule has 3 aromatic rings. The van der Waals surface area contributed by atoms with Gasteiger partial charge in [-0.25, -0.2) is 4.98 Å². The number of thiazole rings is 1. The number of nitrogens with zero attached hydrogens (tertiary/aromatic N) is 1. The summed E-state index contributed by atoms with van der Waals surface area (Å²) in [4.78, 5) is 30.9. The van der Waals surface area contributed by atoms with Crippen molar-refractivity contribution < 1.29 is 34.8 Å². The van der Waals surface area contributed by atoms with Crippen LogP contribution in [0.4, 0.5) is 0 Å². The molecule has 0 saturated heterocycles. The van der Waals surface area contributed by atoms with E-state index in [2.05, 4.69) is 4.98 Å². The van der Waals surface area contributed by atoms with Crippen LogP contribution in [-0.4, -0.2) is 44.1 Å². The predicted molar refractivity (Wildman–Crippen MR) is 114 cm³/mol. The molecule has 0 amide bonds. The minimum Gasteiger partial charge on any atom is -0.507 e. The van der Waals surface area contributed by atoms with Crippen LogP contribution in [0, 0.1) is 6.92 Å². The molecule has 1 heterocycles. The zero-order valence-electron chi connectivity index (χ0n) is 17.2. The van der Waals surface area contributed by atoms with E-state index in [9.17, 15) is 30.0 Å². The second-order valence-corrected chi connectivity index (χ2v) is 9.12. The lowest BCUT2D eigenvalue weighted by Gasteiger charge is -2.37.